The number of benzene rings is 1. The molecular formula is C17H17ClN4O. The third-order valence-electron chi connectivity index (χ3n) is 4.14. The topological polar surface area (TPSA) is 61.9 Å². The zero-order chi connectivity index (χ0) is 16.7. The van der Waals surface area contributed by atoms with Crippen molar-refractivity contribution < 1.29 is 4.79 Å². The highest BCUT2D eigenvalue weighted by atomic mass is 35.5. The molecule has 0 saturated carbocycles. The summed E-state index contributed by atoms with van der Waals surface area (Å²) in [6.07, 6.45) is 1.95. The van der Waals surface area contributed by atoms with Gasteiger partial charge in [0.2, 0.25) is 5.91 Å². The van der Waals surface area contributed by atoms with Crippen LogP contribution in [-0.2, 0) is 4.79 Å². The number of amides is 1. The summed E-state index contributed by atoms with van der Waals surface area (Å²) in [4.78, 5) is 13.6. The molecule has 0 N–H and O–H groups in total. The molecular weight excluding hydrogens is 312 g/mol. The van der Waals surface area contributed by atoms with Crippen LogP contribution in [0.25, 0.3) is 5.69 Å². The second kappa shape index (κ2) is 5.71. The number of nitrogens with zero attached hydrogens (tertiary/aromatic N) is 4. The Balaban J connectivity index is 2.13. The van der Waals surface area contributed by atoms with E-state index in [0.717, 1.165) is 5.56 Å². The lowest BCUT2D eigenvalue weighted by molar-refractivity contribution is -0.123. The molecule has 6 heteroatoms. The lowest BCUT2D eigenvalue weighted by Crippen LogP contribution is -2.52. The monoisotopic (exact) mass is 328 g/mol. The van der Waals surface area contributed by atoms with Gasteiger partial charge in [0, 0.05) is 12.5 Å². The van der Waals surface area contributed by atoms with Gasteiger partial charge in [0.05, 0.1) is 16.9 Å². The minimum absolute atomic E-state index is 0.00864. The van der Waals surface area contributed by atoms with Crippen LogP contribution in [0.4, 0.5) is 5.82 Å². The van der Waals surface area contributed by atoms with Crippen LogP contribution in [-0.4, -0.2) is 21.7 Å². The van der Waals surface area contributed by atoms with Gasteiger partial charge < -0.3 is 0 Å². The SMILES string of the molecule is CC(C)c1ccc(-n2ncc(C#N)c2N2C(=O)CC2C)c(Cl)c1. The van der Waals surface area contributed by atoms with E-state index in [2.05, 4.69) is 25.0 Å². The molecule has 1 aliphatic rings. The van der Waals surface area contributed by atoms with E-state index in [1.165, 1.54) is 6.20 Å². The first-order valence-corrected chi connectivity index (χ1v) is 7.91. The van der Waals surface area contributed by atoms with Gasteiger partial charge in [-0.1, -0.05) is 31.5 Å². The predicted octanol–water partition coefficient (Wildman–Crippen LogP) is 3.65. The van der Waals surface area contributed by atoms with Crippen LogP contribution >= 0.6 is 11.6 Å². The third kappa shape index (κ3) is 2.49. The molecule has 2 heterocycles. The molecule has 1 aromatic carbocycles. The molecule has 118 valence electrons. The molecule has 1 aromatic heterocycles. The molecule has 1 unspecified atom stereocenters. The summed E-state index contributed by atoms with van der Waals surface area (Å²) in [5.74, 6) is 0.853. The second-order valence-corrected chi connectivity index (χ2v) is 6.50. The standard InChI is InChI=1S/C17H17ClN4O/c1-10(2)12-4-5-15(14(18)7-12)22-17(13(8-19)9-20-22)21-11(3)6-16(21)23/h4-5,7,9-11H,6H2,1-3H3. The van der Waals surface area contributed by atoms with Gasteiger partial charge in [0.25, 0.3) is 0 Å². The fourth-order valence-corrected chi connectivity index (χ4v) is 3.05. The highest BCUT2D eigenvalue weighted by Gasteiger charge is 2.38. The molecule has 1 atom stereocenters. The molecule has 1 amide bonds. The number of hydrogen-bond acceptors (Lipinski definition) is 3. The van der Waals surface area contributed by atoms with Crippen molar-refractivity contribution in [2.75, 3.05) is 4.90 Å². The van der Waals surface area contributed by atoms with Crippen molar-refractivity contribution in [2.24, 2.45) is 0 Å². The number of rotatable bonds is 3. The van der Waals surface area contributed by atoms with Gasteiger partial charge >= 0.3 is 0 Å². The molecule has 1 saturated heterocycles. The summed E-state index contributed by atoms with van der Waals surface area (Å²) in [7, 11) is 0. The molecule has 3 rings (SSSR count). The first-order chi connectivity index (χ1) is 10.9. The molecule has 23 heavy (non-hydrogen) atoms. The Morgan fingerprint density at radius 1 is 1.43 bits per heavy atom. The Morgan fingerprint density at radius 2 is 2.17 bits per heavy atom. The van der Waals surface area contributed by atoms with Crippen LogP contribution in [0.2, 0.25) is 5.02 Å². The molecule has 2 aromatic rings. The summed E-state index contributed by atoms with van der Waals surface area (Å²) < 4.78 is 1.58. The van der Waals surface area contributed by atoms with Gasteiger partial charge in [-0.05, 0) is 30.5 Å². The Kier molecular flexibility index (Phi) is 3.87. The first kappa shape index (κ1) is 15.6. The van der Waals surface area contributed by atoms with Crippen LogP contribution in [0, 0.1) is 11.3 Å². The number of aromatic nitrogens is 2. The van der Waals surface area contributed by atoms with E-state index in [4.69, 9.17) is 11.6 Å². The number of hydrogen-bond donors (Lipinski definition) is 0. The molecule has 0 aliphatic carbocycles. The summed E-state index contributed by atoms with van der Waals surface area (Å²) in [5.41, 5.74) is 2.16. The van der Waals surface area contributed by atoms with Crippen LogP contribution in [0.1, 0.15) is 44.2 Å². The molecule has 1 fully saturated rings. The molecule has 5 nitrogen and oxygen atoms in total. The van der Waals surface area contributed by atoms with Crippen molar-refractivity contribution in [3.63, 3.8) is 0 Å². The summed E-state index contributed by atoms with van der Waals surface area (Å²) in [6, 6.07) is 7.93. The van der Waals surface area contributed by atoms with E-state index in [-0.39, 0.29) is 11.9 Å². The minimum atomic E-state index is -0.00864. The van der Waals surface area contributed by atoms with E-state index < -0.39 is 0 Å². The number of halogens is 1. The van der Waals surface area contributed by atoms with Crippen molar-refractivity contribution in [1.82, 2.24) is 9.78 Å². The molecule has 0 spiro atoms. The van der Waals surface area contributed by atoms with Gasteiger partial charge in [-0.15, -0.1) is 0 Å². The Bertz CT molecular complexity index is 818. The van der Waals surface area contributed by atoms with Crippen molar-refractivity contribution in [1.29, 1.82) is 5.26 Å². The Morgan fingerprint density at radius 3 is 2.70 bits per heavy atom. The lowest BCUT2D eigenvalue weighted by atomic mass is 10.0. The van der Waals surface area contributed by atoms with E-state index in [1.807, 2.05) is 25.1 Å². The van der Waals surface area contributed by atoms with E-state index in [0.29, 0.717) is 34.4 Å². The zero-order valence-corrected chi connectivity index (χ0v) is 14.0. The minimum Gasteiger partial charge on any atom is -0.292 e. The molecule has 1 aliphatic heterocycles. The van der Waals surface area contributed by atoms with Crippen LogP contribution in [0.3, 0.4) is 0 Å². The smallest absolute Gasteiger partial charge is 0.230 e. The number of β-lactam (4-membered cyclic amide) rings is 1. The largest absolute Gasteiger partial charge is 0.292 e. The maximum atomic E-state index is 12.0. The number of nitriles is 1. The molecule has 0 bridgehead atoms. The van der Waals surface area contributed by atoms with Gasteiger partial charge in [-0.25, -0.2) is 4.68 Å². The molecule has 0 radical (unpaired) electrons. The maximum Gasteiger partial charge on any atom is 0.230 e. The zero-order valence-electron chi connectivity index (χ0n) is 13.2. The predicted molar refractivity (Wildman–Crippen MR) is 88.9 cm³/mol. The number of carbonyl (C=O) groups excluding carboxylic acids is 1. The Hall–Kier alpha value is -2.32. The highest BCUT2D eigenvalue weighted by Crippen LogP contribution is 2.34. The van der Waals surface area contributed by atoms with Gasteiger partial charge in [-0.3, -0.25) is 9.69 Å². The van der Waals surface area contributed by atoms with Gasteiger partial charge in [0.15, 0.2) is 5.82 Å². The van der Waals surface area contributed by atoms with Crippen molar-refractivity contribution in [3.8, 4) is 11.8 Å². The van der Waals surface area contributed by atoms with Crippen molar-refractivity contribution in [2.45, 2.75) is 39.2 Å². The fraction of sp³-hybridized carbons (Fsp3) is 0.353. The quantitative estimate of drug-likeness (QED) is 0.808. The van der Waals surface area contributed by atoms with Crippen LogP contribution < -0.4 is 4.90 Å². The lowest BCUT2D eigenvalue weighted by Gasteiger charge is -2.38. The second-order valence-electron chi connectivity index (χ2n) is 6.09. The number of carbonyl (C=O) groups is 1. The van der Waals surface area contributed by atoms with E-state index in [9.17, 15) is 10.1 Å². The maximum absolute atomic E-state index is 12.0. The van der Waals surface area contributed by atoms with Crippen molar-refractivity contribution >= 4 is 23.3 Å². The van der Waals surface area contributed by atoms with Crippen LogP contribution in [0.5, 0.6) is 0 Å². The van der Waals surface area contributed by atoms with Gasteiger partial charge in [0.1, 0.15) is 11.6 Å². The summed E-state index contributed by atoms with van der Waals surface area (Å²) in [5, 5.41) is 14.2. The van der Waals surface area contributed by atoms with Gasteiger partial charge in [-0.2, -0.15) is 10.4 Å². The summed E-state index contributed by atoms with van der Waals surface area (Å²) in [6.45, 7) is 6.14. The number of anilines is 1. The van der Waals surface area contributed by atoms with E-state index >= 15 is 0 Å². The van der Waals surface area contributed by atoms with Crippen molar-refractivity contribution in [3.05, 3.63) is 40.5 Å². The first-order valence-electron chi connectivity index (χ1n) is 7.54. The fourth-order valence-electron chi connectivity index (χ4n) is 2.79. The average Bonchev–Trinajstić information content (AvgIpc) is 2.89. The highest BCUT2D eigenvalue weighted by molar-refractivity contribution is 6.32. The van der Waals surface area contributed by atoms with Crippen LogP contribution in [0.15, 0.2) is 24.4 Å². The average molecular weight is 329 g/mol. The summed E-state index contributed by atoms with van der Waals surface area (Å²) >= 11 is 6.42. The van der Waals surface area contributed by atoms with E-state index in [1.54, 1.807) is 9.58 Å². The Labute approximate surface area is 140 Å². The normalized spacial score (nSPS) is 17.3. The third-order valence-corrected chi connectivity index (χ3v) is 4.44.